The van der Waals surface area contributed by atoms with E-state index in [1.54, 1.807) is 0 Å². The monoisotopic (exact) mass is 431 g/mol. The molecule has 0 saturated heterocycles. The third kappa shape index (κ3) is 4.52. The molecule has 0 bridgehead atoms. The minimum Gasteiger partial charge on any atom is -0.369 e. The number of halogens is 2. The molecule has 0 aliphatic rings. The first-order valence-electron chi connectivity index (χ1n) is 6.23. The minimum absolute atomic E-state index is 0.444. The first-order chi connectivity index (χ1) is 10.1. The number of alkyl halides is 1. The van der Waals surface area contributed by atoms with Crippen LogP contribution in [0.1, 0.15) is 0 Å². The number of benzene rings is 2. The Balaban J connectivity index is 2.28. The van der Waals surface area contributed by atoms with Gasteiger partial charge in [0.2, 0.25) is 5.96 Å². The SMILES string of the molecule is CN(C(N)=Nc1ccccc1SCCl)c1cccc(I)c1. The molecule has 0 spiro atoms. The molecule has 0 amide bonds. The number of rotatable bonds is 4. The van der Waals surface area contributed by atoms with Crippen LogP contribution in [0.2, 0.25) is 0 Å². The highest BCUT2D eigenvalue weighted by Gasteiger charge is 2.07. The summed E-state index contributed by atoms with van der Waals surface area (Å²) in [5.41, 5.74) is 7.96. The van der Waals surface area contributed by atoms with Crippen LogP contribution in [0.25, 0.3) is 0 Å². The highest BCUT2D eigenvalue weighted by molar-refractivity contribution is 14.1. The lowest BCUT2D eigenvalue weighted by Gasteiger charge is -2.18. The molecule has 0 unspecified atom stereocenters. The Hall–Kier alpha value is -0.920. The molecule has 0 heterocycles. The van der Waals surface area contributed by atoms with E-state index in [9.17, 15) is 0 Å². The predicted octanol–water partition coefficient (Wildman–Crippen LogP) is 4.66. The second kappa shape index (κ2) is 7.91. The molecule has 0 aliphatic carbocycles. The Bertz CT molecular complexity index is 648. The van der Waals surface area contributed by atoms with Gasteiger partial charge in [0.25, 0.3) is 0 Å². The first-order valence-corrected chi connectivity index (χ1v) is 8.83. The van der Waals surface area contributed by atoms with Crippen molar-refractivity contribution in [2.45, 2.75) is 4.90 Å². The minimum atomic E-state index is 0.444. The maximum Gasteiger partial charge on any atom is 0.200 e. The van der Waals surface area contributed by atoms with Crippen molar-refractivity contribution in [2.24, 2.45) is 10.7 Å². The lowest BCUT2D eigenvalue weighted by atomic mass is 10.3. The Morgan fingerprint density at radius 3 is 2.76 bits per heavy atom. The molecular formula is C15H15ClIN3S. The normalized spacial score (nSPS) is 11.5. The van der Waals surface area contributed by atoms with E-state index < -0.39 is 0 Å². The van der Waals surface area contributed by atoms with Crippen LogP contribution in [0.3, 0.4) is 0 Å². The number of anilines is 1. The molecule has 2 N–H and O–H groups in total. The third-order valence-corrected chi connectivity index (χ3v) is 4.61. The van der Waals surface area contributed by atoms with E-state index in [4.69, 9.17) is 17.3 Å². The zero-order valence-corrected chi connectivity index (χ0v) is 15.2. The molecule has 0 atom stereocenters. The smallest absolute Gasteiger partial charge is 0.200 e. The number of guanidine groups is 1. The molecule has 0 saturated carbocycles. The Kier molecular flexibility index (Phi) is 6.20. The van der Waals surface area contributed by atoms with Gasteiger partial charge in [0.1, 0.15) is 0 Å². The topological polar surface area (TPSA) is 41.6 Å². The summed E-state index contributed by atoms with van der Waals surface area (Å²) in [7, 11) is 1.90. The number of para-hydroxylation sites is 1. The number of nitrogens with zero attached hydrogens (tertiary/aromatic N) is 2. The van der Waals surface area contributed by atoms with Crippen molar-refractivity contribution < 1.29 is 0 Å². The van der Waals surface area contributed by atoms with Crippen LogP contribution in [-0.2, 0) is 0 Å². The lowest BCUT2D eigenvalue weighted by Crippen LogP contribution is -2.33. The summed E-state index contributed by atoms with van der Waals surface area (Å²) in [4.78, 5) is 7.41. The second-order valence-corrected chi connectivity index (χ2v) is 7.08. The summed E-state index contributed by atoms with van der Waals surface area (Å²) in [6, 6.07) is 15.9. The van der Waals surface area contributed by atoms with Crippen molar-refractivity contribution in [2.75, 3.05) is 17.2 Å². The maximum atomic E-state index is 6.13. The summed E-state index contributed by atoms with van der Waals surface area (Å²) in [5, 5.41) is 0.485. The van der Waals surface area contributed by atoms with Crippen molar-refractivity contribution in [1.29, 1.82) is 0 Å². The Morgan fingerprint density at radius 1 is 1.29 bits per heavy atom. The summed E-state index contributed by atoms with van der Waals surface area (Å²) < 4.78 is 1.16. The van der Waals surface area contributed by atoms with Crippen molar-refractivity contribution >= 4 is 63.3 Å². The summed E-state index contributed by atoms with van der Waals surface area (Å²) in [5.74, 6) is 0.444. The Morgan fingerprint density at radius 2 is 2.05 bits per heavy atom. The molecule has 0 radical (unpaired) electrons. The maximum absolute atomic E-state index is 6.13. The lowest BCUT2D eigenvalue weighted by molar-refractivity contribution is 1.21. The van der Waals surface area contributed by atoms with Gasteiger partial charge in [-0.2, -0.15) is 0 Å². The van der Waals surface area contributed by atoms with E-state index in [-0.39, 0.29) is 0 Å². The van der Waals surface area contributed by atoms with E-state index in [2.05, 4.69) is 33.6 Å². The van der Waals surface area contributed by atoms with Crippen molar-refractivity contribution in [3.05, 3.63) is 52.1 Å². The van der Waals surface area contributed by atoms with E-state index in [1.807, 2.05) is 54.4 Å². The van der Waals surface area contributed by atoms with Crippen molar-refractivity contribution in [3.63, 3.8) is 0 Å². The quantitative estimate of drug-likeness (QED) is 0.252. The number of thioether (sulfide) groups is 1. The number of hydrogen-bond acceptors (Lipinski definition) is 2. The standard InChI is InChI=1S/C15H15ClIN3S/c1-20(12-6-4-5-11(17)9-12)15(18)19-13-7-2-3-8-14(13)21-10-16/h2-9H,10H2,1H3,(H2,18,19). The Labute approximate surface area is 147 Å². The average molecular weight is 432 g/mol. The molecule has 0 aromatic heterocycles. The molecule has 6 heteroatoms. The van der Waals surface area contributed by atoms with Crippen LogP contribution in [-0.4, -0.2) is 18.2 Å². The third-order valence-electron chi connectivity index (χ3n) is 2.85. The van der Waals surface area contributed by atoms with Crippen LogP contribution in [0, 0.1) is 3.57 Å². The van der Waals surface area contributed by atoms with Crippen molar-refractivity contribution in [3.8, 4) is 0 Å². The molecule has 21 heavy (non-hydrogen) atoms. The fourth-order valence-electron chi connectivity index (χ4n) is 1.75. The summed E-state index contributed by atoms with van der Waals surface area (Å²) in [6.07, 6.45) is 0. The zero-order valence-electron chi connectivity index (χ0n) is 11.5. The first kappa shape index (κ1) is 16.5. The number of aliphatic imine (C=N–C) groups is 1. The van der Waals surface area contributed by atoms with Crippen LogP contribution < -0.4 is 10.6 Å². The van der Waals surface area contributed by atoms with Crippen LogP contribution in [0.15, 0.2) is 58.4 Å². The fraction of sp³-hybridized carbons (Fsp3) is 0.133. The van der Waals surface area contributed by atoms with Gasteiger partial charge in [-0.1, -0.05) is 18.2 Å². The number of nitrogens with two attached hydrogens (primary N) is 1. The van der Waals surface area contributed by atoms with Gasteiger partial charge < -0.3 is 10.6 Å². The van der Waals surface area contributed by atoms with Gasteiger partial charge in [0.15, 0.2) is 0 Å². The van der Waals surface area contributed by atoms with Gasteiger partial charge in [-0.25, -0.2) is 4.99 Å². The molecule has 2 aromatic rings. The fourth-order valence-corrected chi connectivity index (χ4v) is 3.18. The summed E-state index contributed by atoms with van der Waals surface area (Å²) in [6.45, 7) is 0. The predicted molar refractivity (Wildman–Crippen MR) is 102 cm³/mol. The molecule has 110 valence electrons. The average Bonchev–Trinajstić information content (AvgIpc) is 2.48. The van der Waals surface area contributed by atoms with E-state index in [0.717, 1.165) is 19.8 Å². The van der Waals surface area contributed by atoms with Gasteiger partial charge >= 0.3 is 0 Å². The molecule has 2 rings (SSSR count). The van der Waals surface area contributed by atoms with Gasteiger partial charge in [-0.3, -0.25) is 0 Å². The largest absolute Gasteiger partial charge is 0.369 e. The van der Waals surface area contributed by atoms with E-state index in [0.29, 0.717) is 11.2 Å². The highest BCUT2D eigenvalue weighted by atomic mass is 127. The molecule has 0 aliphatic heterocycles. The van der Waals surface area contributed by atoms with Crippen LogP contribution >= 0.6 is 46.0 Å². The van der Waals surface area contributed by atoms with Crippen LogP contribution in [0.5, 0.6) is 0 Å². The van der Waals surface area contributed by atoms with Gasteiger partial charge in [-0.15, -0.1) is 23.4 Å². The number of hydrogen-bond donors (Lipinski definition) is 1. The second-order valence-electron chi connectivity index (χ2n) is 4.23. The zero-order chi connectivity index (χ0) is 15.2. The van der Waals surface area contributed by atoms with E-state index >= 15 is 0 Å². The van der Waals surface area contributed by atoms with Crippen molar-refractivity contribution in [1.82, 2.24) is 0 Å². The van der Waals surface area contributed by atoms with Gasteiger partial charge in [-0.05, 0) is 52.9 Å². The molecule has 2 aromatic carbocycles. The van der Waals surface area contributed by atoms with Gasteiger partial charge in [0, 0.05) is 21.2 Å². The molecule has 3 nitrogen and oxygen atoms in total. The van der Waals surface area contributed by atoms with Crippen LogP contribution in [0.4, 0.5) is 11.4 Å². The highest BCUT2D eigenvalue weighted by Crippen LogP contribution is 2.30. The molecule has 0 fully saturated rings. The molecular weight excluding hydrogens is 417 g/mol. The van der Waals surface area contributed by atoms with Gasteiger partial charge in [0.05, 0.1) is 10.9 Å². The summed E-state index contributed by atoms with van der Waals surface area (Å²) >= 11 is 9.61. The van der Waals surface area contributed by atoms with E-state index in [1.165, 1.54) is 11.8 Å².